The molecule has 3 rings (SSSR count). The van der Waals surface area contributed by atoms with Crippen LogP contribution in [0.4, 0.5) is 0 Å². The highest BCUT2D eigenvalue weighted by Crippen LogP contribution is 2.21. The van der Waals surface area contributed by atoms with Gasteiger partial charge in [-0.1, -0.05) is 74.2 Å². The molecular formula is C23H29NO3. The number of carbonyl (C=O) groups is 1. The van der Waals surface area contributed by atoms with Gasteiger partial charge in [0.2, 0.25) is 5.91 Å². The number of amides is 1. The molecule has 4 nitrogen and oxygen atoms in total. The van der Waals surface area contributed by atoms with Crippen molar-refractivity contribution in [2.75, 3.05) is 0 Å². The van der Waals surface area contributed by atoms with Crippen LogP contribution in [0.1, 0.15) is 49.7 Å². The number of aliphatic hydroxyl groups excluding tert-OH is 1. The zero-order valence-corrected chi connectivity index (χ0v) is 15.8. The smallest absolute Gasteiger partial charge is 0.224 e. The summed E-state index contributed by atoms with van der Waals surface area (Å²) in [5.74, 6) is 0.671. The number of benzene rings is 2. The summed E-state index contributed by atoms with van der Waals surface area (Å²) in [6.45, 7) is 0.473. The van der Waals surface area contributed by atoms with Crippen molar-refractivity contribution in [3.8, 4) is 5.75 Å². The first-order valence-electron chi connectivity index (χ1n) is 9.94. The third-order valence-electron chi connectivity index (χ3n) is 5.14. The standard InChI is InChI=1S/C23H29NO3/c25-21-14-7-2-1-6-13-20(21)24-23(26)16-19-12-8-9-15-22(19)27-17-18-10-4-3-5-11-18/h3-5,8-12,15,20-21,25H,1-2,6-7,13-14,16-17H2,(H,24,26)/t20-,21-/m0/s1. The van der Waals surface area contributed by atoms with Gasteiger partial charge in [-0.3, -0.25) is 4.79 Å². The van der Waals surface area contributed by atoms with Gasteiger partial charge in [0, 0.05) is 5.56 Å². The van der Waals surface area contributed by atoms with E-state index < -0.39 is 6.10 Å². The summed E-state index contributed by atoms with van der Waals surface area (Å²) in [5.41, 5.74) is 1.96. The molecule has 1 fully saturated rings. The summed E-state index contributed by atoms with van der Waals surface area (Å²) in [7, 11) is 0. The van der Waals surface area contributed by atoms with E-state index in [1.165, 1.54) is 12.8 Å². The van der Waals surface area contributed by atoms with Gasteiger partial charge in [-0.15, -0.1) is 0 Å². The minimum atomic E-state index is -0.446. The SMILES string of the molecule is O=C(Cc1ccccc1OCc1ccccc1)N[C@H]1CCCCCC[C@@H]1O. The number of hydrogen-bond donors (Lipinski definition) is 2. The number of ether oxygens (including phenoxy) is 1. The van der Waals surface area contributed by atoms with E-state index in [1.807, 2.05) is 54.6 Å². The van der Waals surface area contributed by atoms with Crippen LogP contribution in [0.5, 0.6) is 5.75 Å². The first-order chi connectivity index (χ1) is 13.2. The lowest BCUT2D eigenvalue weighted by atomic mass is 9.94. The van der Waals surface area contributed by atoms with Crippen LogP contribution < -0.4 is 10.1 Å². The molecule has 144 valence electrons. The average Bonchev–Trinajstić information content (AvgIpc) is 2.68. The molecule has 1 amide bonds. The normalized spacial score (nSPS) is 20.3. The van der Waals surface area contributed by atoms with E-state index in [0.29, 0.717) is 6.61 Å². The van der Waals surface area contributed by atoms with Crippen molar-refractivity contribution in [2.24, 2.45) is 0 Å². The third-order valence-corrected chi connectivity index (χ3v) is 5.14. The molecule has 0 aromatic heterocycles. The van der Waals surface area contributed by atoms with Crippen molar-refractivity contribution in [1.82, 2.24) is 5.32 Å². The molecule has 2 N–H and O–H groups in total. The fourth-order valence-electron chi connectivity index (χ4n) is 3.59. The van der Waals surface area contributed by atoms with Gasteiger partial charge < -0.3 is 15.2 Å². The fraction of sp³-hybridized carbons (Fsp3) is 0.435. The first-order valence-corrected chi connectivity index (χ1v) is 9.94. The number of rotatable bonds is 6. The summed E-state index contributed by atoms with van der Waals surface area (Å²) in [6.07, 6.45) is 5.86. The second-order valence-corrected chi connectivity index (χ2v) is 7.29. The van der Waals surface area contributed by atoms with Crippen molar-refractivity contribution in [3.63, 3.8) is 0 Å². The number of nitrogens with one attached hydrogen (secondary N) is 1. The molecule has 0 bridgehead atoms. The molecule has 0 radical (unpaired) electrons. The number of hydrogen-bond acceptors (Lipinski definition) is 3. The quantitative estimate of drug-likeness (QED) is 0.811. The second-order valence-electron chi connectivity index (χ2n) is 7.29. The minimum absolute atomic E-state index is 0.0598. The Morgan fingerprint density at radius 1 is 0.963 bits per heavy atom. The van der Waals surface area contributed by atoms with Gasteiger partial charge in [0.1, 0.15) is 12.4 Å². The Hall–Kier alpha value is -2.33. The van der Waals surface area contributed by atoms with Crippen molar-refractivity contribution >= 4 is 5.91 Å². The van der Waals surface area contributed by atoms with Gasteiger partial charge in [-0.25, -0.2) is 0 Å². The molecule has 27 heavy (non-hydrogen) atoms. The molecule has 4 heteroatoms. The Balaban J connectivity index is 1.58. The maximum absolute atomic E-state index is 12.6. The van der Waals surface area contributed by atoms with Crippen LogP contribution in [-0.2, 0) is 17.8 Å². The maximum atomic E-state index is 12.6. The Morgan fingerprint density at radius 3 is 2.48 bits per heavy atom. The topological polar surface area (TPSA) is 58.6 Å². The molecule has 2 aromatic rings. The molecule has 0 unspecified atom stereocenters. The molecule has 2 aromatic carbocycles. The Bertz CT molecular complexity index is 717. The zero-order chi connectivity index (χ0) is 18.9. The molecule has 1 aliphatic carbocycles. The van der Waals surface area contributed by atoms with E-state index in [-0.39, 0.29) is 18.4 Å². The largest absolute Gasteiger partial charge is 0.489 e. The van der Waals surface area contributed by atoms with Gasteiger partial charge >= 0.3 is 0 Å². The highest BCUT2D eigenvalue weighted by atomic mass is 16.5. The van der Waals surface area contributed by atoms with Gasteiger partial charge in [0.15, 0.2) is 0 Å². The van der Waals surface area contributed by atoms with E-state index in [0.717, 1.165) is 42.6 Å². The Morgan fingerprint density at radius 2 is 1.67 bits per heavy atom. The van der Waals surface area contributed by atoms with E-state index in [9.17, 15) is 9.90 Å². The highest BCUT2D eigenvalue weighted by molar-refractivity contribution is 5.79. The highest BCUT2D eigenvalue weighted by Gasteiger charge is 2.22. The van der Waals surface area contributed by atoms with Crippen LogP contribution in [-0.4, -0.2) is 23.2 Å². The summed E-state index contributed by atoms with van der Waals surface area (Å²) in [6, 6.07) is 17.5. The predicted octanol–water partition coefficient (Wildman–Crippen LogP) is 4.01. The lowest BCUT2D eigenvalue weighted by molar-refractivity contribution is -0.122. The molecular weight excluding hydrogens is 338 g/mol. The summed E-state index contributed by atoms with van der Waals surface area (Å²) < 4.78 is 5.94. The zero-order valence-electron chi connectivity index (χ0n) is 15.8. The number of aliphatic hydroxyl groups is 1. The van der Waals surface area contributed by atoms with Gasteiger partial charge in [0.05, 0.1) is 18.6 Å². The molecule has 1 saturated carbocycles. The van der Waals surface area contributed by atoms with Crippen LogP contribution in [0.2, 0.25) is 0 Å². The van der Waals surface area contributed by atoms with Crippen molar-refractivity contribution in [3.05, 3.63) is 65.7 Å². The van der Waals surface area contributed by atoms with Crippen LogP contribution in [0.3, 0.4) is 0 Å². The summed E-state index contributed by atoms with van der Waals surface area (Å²) >= 11 is 0. The third kappa shape index (κ3) is 6.10. The van der Waals surface area contributed by atoms with E-state index in [1.54, 1.807) is 0 Å². The monoisotopic (exact) mass is 367 g/mol. The lowest BCUT2D eigenvalue weighted by Crippen LogP contribution is -2.44. The fourth-order valence-corrected chi connectivity index (χ4v) is 3.59. The van der Waals surface area contributed by atoms with Gasteiger partial charge in [-0.2, -0.15) is 0 Å². The first kappa shape index (κ1) is 19.4. The number of para-hydroxylation sites is 1. The Labute approximate surface area is 161 Å². The van der Waals surface area contributed by atoms with Crippen LogP contribution in [0, 0.1) is 0 Å². The molecule has 0 heterocycles. The second kappa shape index (κ2) is 10.1. The van der Waals surface area contributed by atoms with Crippen molar-refractivity contribution < 1.29 is 14.6 Å². The van der Waals surface area contributed by atoms with Crippen molar-refractivity contribution in [2.45, 2.75) is 63.7 Å². The number of carbonyl (C=O) groups excluding carboxylic acids is 1. The minimum Gasteiger partial charge on any atom is -0.489 e. The van der Waals surface area contributed by atoms with Crippen LogP contribution in [0.15, 0.2) is 54.6 Å². The summed E-state index contributed by atoms with van der Waals surface area (Å²) in [5, 5.41) is 13.4. The average molecular weight is 367 g/mol. The lowest BCUT2D eigenvalue weighted by Gasteiger charge is -2.26. The molecule has 0 saturated heterocycles. The molecule has 1 aliphatic rings. The molecule has 0 spiro atoms. The van der Waals surface area contributed by atoms with Crippen LogP contribution >= 0.6 is 0 Å². The van der Waals surface area contributed by atoms with Crippen LogP contribution in [0.25, 0.3) is 0 Å². The maximum Gasteiger partial charge on any atom is 0.224 e. The van der Waals surface area contributed by atoms with Gasteiger partial charge in [0.25, 0.3) is 0 Å². The van der Waals surface area contributed by atoms with E-state index in [2.05, 4.69) is 5.32 Å². The van der Waals surface area contributed by atoms with E-state index in [4.69, 9.17) is 4.74 Å². The summed E-state index contributed by atoms with van der Waals surface area (Å²) in [4.78, 5) is 12.6. The van der Waals surface area contributed by atoms with E-state index >= 15 is 0 Å². The predicted molar refractivity (Wildman–Crippen MR) is 107 cm³/mol. The molecule has 2 atom stereocenters. The van der Waals surface area contributed by atoms with Crippen molar-refractivity contribution in [1.29, 1.82) is 0 Å². The van der Waals surface area contributed by atoms with Gasteiger partial charge in [-0.05, 0) is 24.5 Å². The Kier molecular flexibility index (Phi) is 7.28. The molecule has 0 aliphatic heterocycles.